The number of rotatable bonds is 4. The fraction of sp³-hybridized carbons (Fsp3) is 0.583. The zero-order chi connectivity index (χ0) is 13.7. The van der Waals surface area contributed by atoms with E-state index in [0.717, 1.165) is 24.1 Å². The summed E-state index contributed by atoms with van der Waals surface area (Å²) in [6, 6.07) is 0. The average Bonchev–Trinajstić information content (AvgIpc) is 2.67. The highest BCUT2D eigenvalue weighted by Gasteiger charge is 2.62. The first-order chi connectivity index (χ1) is 8.97. The quantitative estimate of drug-likeness (QED) is 0.856. The van der Waals surface area contributed by atoms with Gasteiger partial charge in [0.05, 0.1) is 31.0 Å². The van der Waals surface area contributed by atoms with Crippen molar-refractivity contribution in [2.24, 2.45) is 5.41 Å². The fourth-order valence-electron chi connectivity index (χ4n) is 2.65. The van der Waals surface area contributed by atoms with Gasteiger partial charge >= 0.3 is 0 Å². The van der Waals surface area contributed by atoms with Crippen molar-refractivity contribution < 1.29 is 4.74 Å². The van der Waals surface area contributed by atoms with Crippen molar-refractivity contribution in [3.8, 4) is 0 Å². The number of nitrogens with zero attached hydrogens (tertiary/aromatic N) is 4. The van der Waals surface area contributed by atoms with E-state index in [1.54, 1.807) is 12.5 Å². The van der Waals surface area contributed by atoms with Crippen LogP contribution in [0.4, 0.5) is 5.95 Å². The Labute approximate surface area is 114 Å². The number of imidazole rings is 1. The molecule has 0 radical (unpaired) electrons. The van der Waals surface area contributed by atoms with E-state index in [-0.39, 0.29) is 17.0 Å². The number of nitrogen functional groups attached to an aromatic ring is 1. The molecule has 0 aliphatic heterocycles. The SMILES string of the molecule is CC1(C)CC1(Cn1cnc2cnc(N)nc21)OCP. The van der Waals surface area contributed by atoms with Crippen molar-refractivity contribution in [3.63, 3.8) is 0 Å². The van der Waals surface area contributed by atoms with Gasteiger partial charge in [0, 0.05) is 0 Å². The van der Waals surface area contributed by atoms with Crippen LogP contribution in [0.5, 0.6) is 0 Å². The third-order valence-corrected chi connectivity index (χ3v) is 4.16. The van der Waals surface area contributed by atoms with Crippen LogP contribution in [-0.2, 0) is 11.3 Å². The van der Waals surface area contributed by atoms with Crippen LogP contribution in [0.25, 0.3) is 11.2 Å². The second-order valence-corrected chi connectivity index (χ2v) is 6.01. The molecule has 0 bridgehead atoms. The van der Waals surface area contributed by atoms with Gasteiger partial charge in [-0.1, -0.05) is 13.8 Å². The first-order valence-electron chi connectivity index (χ1n) is 6.25. The van der Waals surface area contributed by atoms with Gasteiger partial charge in [0.2, 0.25) is 5.95 Å². The molecule has 1 saturated carbocycles. The average molecular weight is 279 g/mol. The molecule has 0 spiro atoms. The second kappa shape index (κ2) is 4.12. The number of hydrogen-bond acceptors (Lipinski definition) is 5. The van der Waals surface area contributed by atoms with Crippen molar-refractivity contribution in [2.75, 3.05) is 12.1 Å². The van der Waals surface area contributed by atoms with Crippen LogP contribution >= 0.6 is 9.24 Å². The van der Waals surface area contributed by atoms with E-state index in [2.05, 4.69) is 38.0 Å². The summed E-state index contributed by atoms with van der Waals surface area (Å²) in [6.07, 6.45) is 5.10. The molecule has 1 aliphatic rings. The van der Waals surface area contributed by atoms with Crippen molar-refractivity contribution in [1.82, 2.24) is 19.5 Å². The van der Waals surface area contributed by atoms with Gasteiger partial charge in [0.1, 0.15) is 5.52 Å². The first-order valence-corrected chi connectivity index (χ1v) is 7.06. The van der Waals surface area contributed by atoms with E-state index < -0.39 is 0 Å². The molecule has 2 unspecified atom stereocenters. The number of nitrogens with two attached hydrogens (primary N) is 1. The summed E-state index contributed by atoms with van der Waals surface area (Å²) in [5.74, 6) is 0.269. The summed E-state index contributed by atoms with van der Waals surface area (Å²) in [7, 11) is 2.62. The third-order valence-electron chi connectivity index (χ3n) is 4.00. The molecule has 2 atom stereocenters. The van der Waals surface area contributed by atoms with Crippen LogP contribution in [0.3, 0.4) is 0 Å². The Kier molecular flexibility index (Phi) is 2.76. The van der Waals surface area contributed by atoms with E-state index in [1.165, 1.54) is 0 Å². The normalized spacial score (nSPS) is 24.8. The van der Waals surface area contributed by atoms with Gasteiger partial charge < -0.3 is 15.0 Å². The van der Waals surface area contributed by atoms with E-state index in [1.807, 2.05) is 4.57 Å². The van der Waals surface area contributed by atoms with Crippen LogP contribution in [0.1, 0.15) is 20.3 Å². The lowest BCUT2D eigenvalue weighted by Gasteiger charge is -2.21. The van der Waals surface area contributed by atoms with E-state index >= 15 is 0 Å². The first kappa shape index (κ1) is 12.8. The number of ether oxygens (including phenoxy) is 1. The van der Waals surface area contributed by atoms with Crippen LogP contribution in [-0.4, -0.2) is 31.5 Å². The number of anilines is 1. The van der Waals surface area contributed by atoms with Gasteiger partial charge in [0.25, 0.3) is 0 Å². The molecular weight excluding hydrogens is 261 g/mol. The highest BCUT2D eigenvalue weighted by Crippen LogP contribution is 2.59. The van der Waals surface area contributed by atoms with Gasteiger partial charge in [0.15, 0.2) is 5.65 Å². The summed E-state index contributed by atoms with van der Waals surface area (Å²) in [5, 5.41) is 0. The molecule has 19 heavy (non-hydrogen) atoms. The molecule has 1 fully saturated rings. The maximum absolute atomic E-state index is 5.95. The Hall–Kier alpha value is -1.26. The lowest BCUT2D eigenvalue weighted by atomic mass is 10.1. The lowest BCUT2D eigenvalue weighted by Crippen LogP contribution is -2.27. The van der Waals surface area contributed by atoms with Crippen molar-refractivity contribution in [1.29, 1.82) is 0 Å². The van der Waals surface area contributed by atoms with Crippen LogP contribution in [0, 0.1) is 5.41 Å². The molecule has 102 valence electrons. The zero-order valence-electron chi connectivity index (χ0n) is 11.1. The predicted octanol–water partition coefficient (Wildman–Crippen LogP) is 1.43. The standard InChI is InChI=1S/C12H18N5OP/c1-11(2)4-12(11,18-7-19)5-17-6-15-8-3-14-10(13)16-9(8)17/h3,6H,4-5,7,19H2,1-2H3,(H2,13,14,16). The Morgan fingerprint density at radius 1 is 1.47 bits per heavy atom. The summed E-state index contributed by atoms with van der Waals surface area (Å²) < 4.78 is 7.95. The molecule has 2 N–H and O–H groups in total. The summed E-state index contributed by atoms with van der Waals surface area (Å²) in [4.78, 5) is 12.5. The smallest absolute Gasteiger partial charge is 0.222 e. The van der Waals surface area contributed by atoms with E-state index in [0.29, 0.717) is 6.35 Å². The van der Waals surface area contributed by atoms with Crippen molar-refractivity contribution >= 4 is 26.4 Å². The Morgan fingerprint density at radius 3 is 2.84 bits per heavy atom. The number of aromatic nitrogens is 4. The lowest BCUT2D eigenvalue weighted by molar-refractivity contribution is 0.0244. The van der Waals surface area contributed by atoms with Gasteiger partial charge in [-0.2, -0.15) is 4.98 Å². The monoisotopic (exact) mass is 279 g/mol. The molecule has 0 saturated heterocycles. The van der Waals surface area contributed by atoms with E-state index in [4.69, 9.17) is 10.5 Å². The zero-order valence-corrected chi connectivity index (χ0v) is 12.3. The van der Waals surface area contributed by atoms with Crippen molar-refractivity contribution in [2.45, 2.75) is 32.4 Å². The molecule has 0 amide bonds. The van der Waals surface area contributed by atoms with Gasteiger partial charge in [-0.05, 0) is 11.8 Å². The molecular formula is C12H18N5OP. The Morgan fingerprint density at radius 2 is 2.21 bits per heavy atom. The minimum absolute atomic E-state index is 0.137. The van der Waals surface area contributed by atoms with Crippen LogP contribution in [0.15, 0.2) is 12.5 Å². The summed E-state index contributed by atoms with van der Waals surface area (Å²) in [5.41, 5.74) is 7.21. The molecule has 2 heterocycles. The van der Waals surface area contributed by atoms with Crippen LogP contribution in [0.2, 0.25) is 0 Å². The largest absolute Gasteiger partial charge is 0.369 e. The minimum Gasteiger partial charge on any atom is -0.369 e. The highest BCUT2D eigenvalue weighted by atomic mass is 31.0. The summed E-state index contributed by atoms with van der Waals surface area (Å²) in [6.45, 7) is 5.17. The number of fused-ring (bicyclic) bond motifs is 1. The topological polar surface area (TPSA) is 78.9 Å². The van der Waals surface area contributed by atoms with Gasteiger partial charge in [-0.3, -0.25) is 0 Å². The molecule has 2 aromatic rings. The minimum atomic E-state index is -0.137. The molecule has 7 heteroatoms. The summed E-state index contributed by atoms with van der Waals surface area (Å²) >= 11 is 0. The van der Waals surface area contributed by atoms with Gasteiger partial charge in [-0.15, -0.1) is 9.24 Å². The molecule has 2 aromatic heterocycles. The molecule has 6 nitrogen and oxygen atoms in total. The predicted molar refractivity (Wildman–Crippen MR) is 76.5 cm³/mol. The maximum atomic E-state index is 5.95. The molecule has 1 aliphatic carbocycles. The third kappa shape index (κ3) is 1.99. The second-order valence-electron chi connectivity index (χ2n) is 5.68. The van der Waals surface area contributed by atoms with Crippen molar-refractivity contribution in [3.05, 3.63) is 12.5 Å². The molecule has 0 aromatic carbocycles. The molecule has 3 rings (SSSR count). The Balaban J connectivity index is 1.95. The fourth-order valence-corrected chi connectivity index (χ4v) is 2.97. The maximum Gasteiger partial charge on any atom is 0.222 e. The highest BCUT2D eigenvalue weighted by molar-refractivity contribution is 7.16. The number of hydrogen-bond donors (Lipinski definition) is 1. The van der Waals surface area contributed by atoms with Crippen LogP contribution < -0.4 is 5.73 Å². The van der Waals surface area contributed by atoms with E-state index in [9.17, 15) is 0 Å². The van der Waals surface area contributed by atoms with Gasteiger partial charge in [-0.25, -0.2) is 9.97 Å². The Bertz CT molecular complexity index is 626.